The number of amides is 2. The van der Waals surface area contributed by atoms with Gasteiger partial charge in [0.1, 0.15) is 6.10 Å². The molecule has 1 aliphatic rings. The number of carbonyl (C=O) groups excluding carboxylic acids is 1. The first kappa shape index (κ1) is 13.5. The number of methoxy groups -OCH3 is 1. The quantitative estimate of drug-likeness (QED) is 0.775. The molecule has 1 fully saturated rings. The van der Waals surface area contributed by atoms with Crippen molar-refractivity contribution in [3.05, 3.63) is 18.3 Å². The van der Waals surface area contributed by atoms with Gasteiger partial charge < -0.3 is 19.7 Å². The minimum absolute atomic E-state index is 0.0233. The molecule has 7 heteroatoms. The molecule has 19 heavy (non-hydrogen) atoms. The van der Waals surface area contributed by atoms with E-state index in [1.807, 2.05) is 0 Å². The van der Waals surface area contributed by atoms with Crippen molar-refractivity contribution in [2.75, 3.05) is 33.4 Å². The van der Waals surface area contributed by atoms with E-state index in [1.54, 1.807) is 30.3 Å². The average molecular weight is 266 g/mol. The van der Waals surface area contributed by atoms with Crippen LogP contribution in [0.4, 0.5) is 4.79 Å². The summed E-state index contributed by atoms with van der Waals surface area (Å²) in [4.78, 5) is 13.5. The Morgan fingerprint density at radius 3 is 3.26 bits per heavy atom. The number of hydrogen-bond acceptors (Lipinski definition) is 5. The summed E-state index contributed by atoms with van der Waals surface area (Å²) in [7, 11) is 1.60. The van der Waals surface area contributed by atoms with E-state index in [-0.39, 0.29) is 12.1 Å². The SMILES string of the molecule is COCCNC(=O)N1CC[C@H](Oc2cccnn2)C1. The Kier molecular flexibility index (Phi) is 4.91. The summed E-state index contributed by atoms with van der Waals surface area (Å²) in [5, 5.41) is 10.4. The zero-order valence-corrected chi connectivity index (χ0v) is 10.9. The van der Waals surface area contributed by atoms with E-state index in [0.717, 1.165) is 6.42 Å². The average Bonchev–Trinajstić information content (AvgIpc) is 2.89. The number of urea groups is 1. The number of likely N-dealkylation sites (tertiary alicyclic amines) is 1. The smallest absolute Gasteiger partial charge is 0.317 e. The standard InChI is InChI=1S/C12H18N4O3/c1-18-8-6-13-12(17)16-7-4-10(9-16)19-11-3-2-5-14-15-11/h2-3,5,10H,4,6-9H2,1H3,(H,13,17)/t10-/m0/s1. The molecule has 2 heterocycles. The predicted octanol–water partition coefficient (Wildman–Crippen LogP) is 0.286. The van der Waals surface area contributed by atoms with Gasteiger partial charge in [-0.3, -0.25) is 0 Å². The van der Waals surface area contributed by atoms with Crippen LogP contribution in [0.1, 0.15) is 6.42 Å². The predicted molar refractivity (Wildman–Crippen MR) is 67.9 cm³/mol. The Bertz CT molecular complexity index is 401. The van der Waals surface area contributed by atoms with Crippen LogP contribution in [0, 0.1) is 0 Å². The van der Waals surface area contributed by atoms with Gasteiger partial charge >= 0.3 is 6.03 Å². The molecule has 0 spiro atoms. The van der Waals surface area contributed by atoms with E-state index >= 15 is 0 Å². The fourth-order valence-corrected chi connectivity index (χ4v) is 1.90. The van der Waals surface area contributed by atoms with E-state index < -0.39 is 0 Å². The van der Waals surface area contributed by atoms with Crippen molar-refractivity contribution in [2.45, 2.75) is 12.5 Å². The summed E-state index contributed by atoms with van der Waals surface area (Å²) in [6.07, 6.45) is 2.37. The first-order valence-corrected chi connectivity index (χ1v) is 6.25. The molecule has 1 N–H and O–H groups in total. The van der Waals surface area contributed by atoms with Crippen molar-refractivity contribution in [2.24, 2.45) is 0 Å². The zero-order chi connectivity index (χ0) is 13.5. The Morgan fingerprint density at radius 1 is 1.63 bits per heavy atom. The topological polar surface area (TPSA) is 76.6 Å². The van der Waals surface area contributed by atoms with Crippen molar-refractivity contribution in [3.8, 4) is 5.88 Å². The minimum atomic E-state index is -0.0812. The lowest BCUT2D eigenvalue weighted by Crippen LogP contribution is -2.40. The second-order valence-corrected chi connectivity index (χ2v) is 4.26. The fourth-order valence-electron chi connectivity index (χ4n) is 1.90. The summed E-state index contributed by atoms with van der Waals surface area (Å²) in [6.45, 7) is 2.28. The number of hydrogen-bond donors (Lipinski definition) is 1. The zero-order valence-electron chi connectivity index (χ0n) is 10.9. The highest BCUT2D eigenvalue weighted by Gasteiger charge is 2.27. The molecule has 104 valence electrons. The van der Waals surface area contributed by atoms with Gasteiger partial charge in [0, 0.05) is 38.9 Å². The van der Waals surface area contributed by atoms with Gasteiger partial charge in [-0.25, -0.2) is 4.79 Å². The van der Waals surface area contributed by atoms with Gasteiger partial charge in [0.05, 0.1) is 13.2 Å². The molecule has 1 aromatic rings. The summed E-state index contributed by atoms with van der Waals surface area (Å²) < 4.78 is 10.5. The van der Waals surface area contributed by atoms with Crippen LogP contribution < -0.4 is 10.1 Å². The van der Waals surface area contributed by atoms with Gasteiger partial charge in [-0.1, -0.05) is 0 Å². The molecule has 0 bridgehead atoms. The third-order valence-electron chi connectivity index (χ3n) is 2.85. The number of rotatable bonds is 5. The molecule has 1 atom stereocenters. The molecule has 2 rings (SSSR count). The van der Waals surface area contributed by atoms with Crippen LogP contribution in [-0.4, -0.2) is 60.6 Å². The Hall–Kier alpha value is -1.89. The molecular formula is C12H18N4O3. The molecule has 0 radical (unpaired) electrons. The largest absolute Gasteiger partial charge is 0.471 e. The van der Waals surface area contributed by atoms with E-state index in [1.165, 1.54) is 0 Å². The molecule has 2 amide bonds. The van der Waals surface area contributed by atoms with Crippen LogP contribution in [0.3, 0.4) is 0 Å². The highest BCUT2D eigenvalue weighted by Crippen LogP contribution is 2.15. The van der Waals surface area contributed by atoms with Gasteiger partial charge in [-0.05, 0) is 6.07 Å². The van der Waals surface area contributed by atoms with Gasteiger partial charge in [-0.15, -0.1) is 5.10 Å². The van der Waals surface area contributed by atoms with Crippen LogP contribution >= 0.6 is 0 Å². The van der Waals surface area contributed by atoms with Crippen LogP contribution in [0.2, 0.25) is 0 Å². The molecule has 0 unspecified atom stereocenters. The lowest BCUT2D eigenvalue weighted by molar-refractivity contribution is 0.173. The molecule has 1 aromatic heterocycles. The van der Waals surface area contributed by atoms with Gasteiger partial charge in [0.15, 0.2) is 0 Å². The van der Waals surface area contributed by atoms with Crippen molar-refractivity contribution >= 4 is 6.03 Å². The molecule has 7 nitrogen and oxygen atoms in total. The monoisotopic (exact) mass is 266 g/mol. The fraction of sp³-hybridized carbons (Fsp3) is 0.583. The first-order valence-electron chi connectivity index (χ1n) is 6.25. The van der Waals surface area contributed by atoms with Crippen molar-refractivity contribution in [1.29, 1.82) is 0 Å². The van der Waals surface area contributed by atoms with E-state index in [2.05, 4.69) is 15.5 Å². The van der Waals surface area contributed by atoms with E-state index in [0.29, 0.717) is 32.1 Å². The molecule has 1 aliphatic heterocycles. The van der Waals surface area contributed by atoms with Gasteiger partial charge in [0.25, 0.3) is 0 Å². The van der Waals surface area contributed by atoms with Crippen LogP contribution in [0.25, 0.3) is 0 Å². The van der Waals surface area contributed by atoms with Crippen molar-refractivity contribution < 1.29 is 14.3 Å². The second kappa shape index (κ2) is 6.89. The number of nitrogens with zero attached hydrogens (tertiary/aromatic N) is 3. The number of ether oxygens (including phenoxy) is 2. The Morgan fingerprint density at radius 2 is 2.53 bits per heavy atom. The van der Waals surface area contributed by atoms with E-state index in [9.17, 15) is 4.79 Å². The van der Waals surface area contributed by atoms with E-state index in [4.69, 9.17) is 9.47 Å². The lowest BCUT2D eigenvalue weighted by atomic mass is 10.3. The van der Waals surface area contributed by atoms with Crippen LogP contribution in [0.15, 0.2) is 18.3 Å². The number of aromatic nitrogens is 2. The number of nitrogens with one attached hydrogen (secondary N) is 1. The summed E-state index contributed by atoms with van der Waals surface area (Å²) in [6, 6.07) is 3.45. The summed E-state index contributed by atoms with van der Waals surface area (Å²) in [5.41, 5.74) is 0. The van der Waals surface area contributed by atoms with Gasteiger partial charge in [0.2, 0.25) is 5.88 Å². The molecular weight excluding hydrogens is 248 g/mol. The maximum Gasteiger partial charge on any atom is 0.317 e. The first-order chi connectivity index (χ1) is 9.29. The third kappa shape index (κ3) is 4.06. The highest BCUT2D eigenvalue weighted by atomic mass is 16.5. The third-order valence-corrected chi connectivity index (χ3v) is 2.85. The lowest BCUT2D eigenvalue weighted by Gasteiger charge is -2.17. The van der Waals surface area contributed by atoms with Gasteiger partial charge in [-0.2, -0.15) is 5.10 Å². The summed E-state index contributed by atoms with van der Waals surface area (Å²) >= 11 is 0. The minimum Gasteiger partial charge on any atom is -0.471 e. The van der Waals surface area contributed by atoms with Crippen LogP contribution in [-0.2, 0) is 4.74 Å². The maximum atomic E-state index is 11.8. The highest BCUT2D eigenvalue weighted by molar-refractivity contribution is 5.74. The maximum absolute atomic E-state index is 11.8. The van der Waals surface area contributed by atoms with Crippen molar-refractivity contribution in [3.63, 3.8) is 0 Å². The molecule has 0 saturated carbocycles. The molecule has 0 aliphatic carbocycles. The summed E-state index contributed by atoms with van der Waals surface area (Å²) in [5.74, 6) is 0.495. The molecule has 1 saturated heterocycles. The Labute approximate surface area is 111 Å². The normalized spacial score (nSPS) is 18.4. The second-order valence-electron chi connectivity index (χ2n) is 4.26. The number of carbonyl (C=O) groups is 1. The Balaban J connectivity index is 1.75. The van der Waals surface area contributed by atoms with Crippen molar-refractivity contribution in [1.82, 2.24) is 20.4 Å². The van der Waals surface area contributed by atoms with Crippen LogP contribution in [0.5, 0.6) is 5.88 Å². The molecule has 0 aromatic carbocycles.